The van der Waals surface area contributed by atoms with E-state index in [1.165, 1.54) is 18.1 Å². The van der Waals surface area contributed by atoms with E-state index in [4.69, 9.17) is 10.5 Å². The molecule has 0 bridgehead atoms. The summed E-state index contributed by atoms with van der Waals surface area (Å²) in [6.45, 7) is 3.31. The van der Waals surface area contributed by atoms with E-state index in [2.05, 4.69) is 34.5 Å². The lowest BCUT2D eigenvalue weighted by atomic mass is 9.90. The largest absolute Gasteiger partial charge is 0.497 e. The monoisotopic (exact) mass is 381 g/mol. The number of nitrogens with zero attached hydrogens (tertiary/aromatic N) is 1. The van der Waals surface area contributed by atoms with Crippen molar-refractivity contribution in [1.29, 1.82) is 0 Å². The van der Waals surface area contributed by atoms with Crippen LogP contribution in [0.1, 0.15) is 43.7 Å². The molecule has 0 saturated heterocycles. The fourth-order valence-corrected chi connectivity index (χ4v) is 3.88. The average Bonchev–Trinajstić information content (AvgIpc) is 2.70. The van der Waals surface area contributed by atoms with Gasteiger partial charge < -0.3 is 15.8 Å². The van der Waals surface area contributed by atoms with Crippen LogP contribution in [0.25, 0.3) is 0 Å². The predicted octanol–water partition coefficient (Wildman–Crippen LogP) is 3.93. The summed E-state index contributed by atoms with van der Waals surface area (Å²) in [6.07, 6.45) is 4.46. The standard InChI is InChI=1S/C23H31N3O2/c1-17(27)25-21-9-3-18(4-10-21)15-26(22-11-7-20(24)8-12-22)16-19-5-13-23(28-2)14-6-19/h3-6,9-10,13-14,20,22H,7-8,11-12,15-16,24H2,1-2H3,(H,25,27). The molecule has 1 aliphatic carbocycles. The van der Waals surface area contributed by atoms with Gasteiger partial charge in [-0.2, -0.15) is 0 Å². The highest BCUT2D eigenvalue weighted by Gasteiger charge is 2.24. The number of nitrogens with one attached hydrogen (secondary N) is 1. The maximum Gasteiger partial charge on any atom is 0.221 e. The Bertz CT molecular complexity index is 750. The van der Waals surface area contributed by atoms with Crippen molar-refractivity contribution in [2.24, 2.45) is 5.73 Å². The van der Waals surface area contributed by atoms with Gasteiger partial charge in [-0.3, -0.25) is 9.69 Å². The van der Waals surface area contributed by atoms with E-state index in [1.54, 1.807) is 7.11 Å². The lowest BCUT2D eigenvalue weighted by Gasteiger charge is -2.36. The molecule has 0 unspecified atom stereocenters. The number of anilines is 1. The normalized spacial score (nSPS) is 19.4. The molecule has 3 N–H and O–H groups in total. The number of benzene rings is 2. The molecule has 0 aliphatic heterocycles. The van der Waals surface area contributed by atoms with Crippen LogP contribution in [0.15, 0.2) is 48.5 Å². The van der Waals surface area contributed by atoms with Crippen molar-refractivity contribution >= 4 is 11.6 Å². The van der Waals surface area contributed by atoms with Crippen molar-refractivity contribution in [2.75, 3.05) is 12.4 Å². The van der Waals surface area contributed by atoms with Gasteiger partial charge in [0.25, 0.3) is 0 Å². The second kappa shape index (κ2) is 9.71. The lowest BCUT2D eigenvalue weighted by Crippen LogP contribution is -2.40. The zero-order valence-corrected chi connectivity index (χ0v) is 16.9. The second-order valence-corrected chi connectivity index (χ2v) is 7.70. The molecule has 0 atom stereocenters. The highest BCUT2D eigenvalue weighted by Crippen LogP contribution is 2.26. The number of ether oxygens (including phenoxy) is 1. The van der Waals surface area contributed by atoms with Crippen molar-refractivity contribution in [3.8, 4) is 5.75 Å². The fourth-order valence-electron chi connectivity index (χ4n) is 3.88. The Morgan fingerprint density at radius 1 is 1.00 bits per heavy atom. The summed E-state index contributed by atoms with van der Waals surface area (Å²) in [7, 11) is 1.69. The highest BCUT2D eigenvalue weighted by atomic mass is 16.5. The van der Waals surface area contributed by atoms with Crippen LogP contribution in [0.2, 0.25) is 0 Å². The van der Waals surface area contributed by atoms with E-state index in [1.807, 2.05) is 24.3 Å². The topological polar surface area (TPSA) is 67.6 Å². The van der Waals surface area contributed by atoms with E-state index >= 15 is 0 Å². The molecule has 28 heavy (non-hydrogen) atoms. The number of carbonyl (C=O) groups excluding carboxylic acids is 1. The molecule has 5 heteroatoms. The first-order chi connectivity index (χ1) is 13.5. The molecule has 2 aromatic carbocycles. The first-order valence-electron chi connectivity index (χ1n) is 10.0. The van der Waals surface area contributed by atoms with Crippen LogP contribution in [-0.4, -0.2) is 30.0 Å². The van der Waals surface area contributed by atoms with E-state index in [-0.39, 0.29) is 5.91 Å². The number of nitrogens with two attached hydrogens (primary N) is 1. The van der Waals surface area contributed by atoms with Crippen molar-refractivity contribution in [2.45, 2.75) is 57.8 Å². The third-order valence-electron chi connectivity index (χ3n) is 5.46. The van der Waals surface area contributed by atoms with Crippen molar-refractivity contribution in [3.63, 3.8) is 0 Å². The van der Waals surface area contributed by atoms with Crippen LogP contribution in [0.5, 0.6) is 5.75 Å². The maximum absolute atomic E-state index is 11.2. The van der Waals surface area contributed by atoms with Gasteiger partial charge in [-0.15, -0.1) is 0 Å². The molecule has 1 fully saturated rings. The van der Waals surface area contributed by atoms with Crippen LogP contribution < -0.4 is 15.8 Å². The van der Waals surface area contributed by atoms with Gasteiger partial charge in [-0.1, -0.05) is 24.3 Å². The third-order valence-corrected chi connectivity index (χ3v) is 5.46. The number of amides is 1. The first kappa shape index (κ1) is 20.4. The molecule has 1 aliphatic rings. The van der Waals surface area contributed by atoms with Crippen LogP contribution in [0, 0.1) is 0 Å². The Kier molecular flexibility index (Phi) is 7.06. The van der Waals surface area contributed by atoms with Gasteiger partial charge >= 0.3 is 0 Å². The van der Waals surface area contributed by atoms with Crippen LogP contribution in [0.3, 0.4) is 0 Å². The molecular formula is C23H31N3O2. The molecule has 3 rings (SSSR count). The maximum atomic E-state index is 11.2. The number of methoxy groups -OCH3 is 1. The van der Waals surface area contributed by atoms with Gasteiger partial charge in [0.2, 0.25) is 5.91 Å². The summed E-state index contributed by atoms with van der Waals surface area (Å²) < 4.78 is 5.28. The number of carbonyl (C=O) groups is 1. The average molecular weight is 382 g/mol. The zero-order valence-electron chi connectivity index (χ0n) is 16.9. The van der Waals surface area contributed by atoms with E-state index in [0.717, 1.165) is 50.2 Å². The third kappa shape index (κ3) is 5.81. The minimum Gasteiger partial charge on any atom is -0.497 e. The summed E-state index contributed by atoms with van der Waals surface area (Å²) in [4.78, 5) is 13.8. The molecule has 0 heterocycles. The summed E-state index contributed by atoms with van der Waals surface area (Å²) in [6, 6.07) is 17.3. The Morgan fingerprint density at radius 3 is 2.04 bits per heavy atom. The number of rotatable bonds is 7. The summed E-state index contributed by atoms with van der Waals surface area (Å²) in [5.74, 6) is 0.833. The van der Waals surface area contributed by atoms with Crippen molar-refractivity contribution in [3.05, 3.63) is 59.7 Å². The minimum absolute atomic E-state index is 0.0487. The van der Waals surface area contributed by atoms with Crippen LogP contribution >= 0.6 is 0 Å². The van der Waals surface area contributed by atoms with E-state index in [9.17, 15) is 4.79 Å². The second-order valence-electron chi connectivity index (χ2n) is 7.70. The Labute approximate surface area is 167 Å². The molecular weight excluding hydrogens is 350 g/mol. The van der Waals surface area contributed by atoms with Gasteiger partial charge in [0.1, 0.15) is 5.75 Å². The number of hydrogen-bond acceptors (Lipinski definition) is 4. The Balaban J connectivity index is 1.72. The molecule has 1 saturated carbocycles. The van der Waals surface area contributed by atoms with Crippen LogP contribution in [-0.2, 0) is 17.9 Å². The van der Waals surface area contributed by atoms with Crippen molar-refractivity contribution in [1.82, 2.24) is 4.90 Å². The number of hydrogen-bond donors (Lipinski definition) is 2. The summed E-state index contributed by atoms with van der Waals surface area (Å²) in [5, 5.41) is 2.83. The SMILES string of the molecule is COc1ccc(CN(Cc2ccc(NC(C)=O)cc2)C2CCC(N)CC2)cc1. The molecule has 0 aromatic heterocycles. The minimum atomic E-state index is -0.0487. The van der Waals surface area contributed by atoms with E-state index in [0.29, 0.717) is 12.1 Å². The van der Waals surface area contributed by atoms with Gasteiger partial charge in [-0.25, -0.2) is 0 Å². The fraction of sp³-hybridized carbons (Fsp3) is 0.435. The highest BCUT2D eigenvalue weighted by molar-refractivity contribution is 5.88. The molecule has 0 spiro atoms. The molecule has 2 aromatic rings. The zero-order chi connectivity index (χ0) is 19.9. The summed E-state index contributed by atoms with van der Waals surface area (Å²) in [5.41, 5.74) is 9.49. The summed E-state index contributed by atoms with van der Waals surface area (Å²) >= 11 is 0. The molecule has 1 amide bonds. The van der Waals surface area contributed by atoms with Gasteiger partial charge in [-0.05, 0) is 61.1 Å². The Morgan fingerprint density at radius 2 is 1.54 bits per heavy atom. The molecule has 5 nitrogen and oxygen atoms in total. The van der Waals surface area contributed by atoms with Gasteiger partial charge in [0, 0.05) is 37.8 Å². The van der Waals surface area contributed by atoms with Gasteiger partial charge in [0.05, 0.1) is 7.11 Å². The molecule has 0 radical (unpaired) electrons. The predicted molar refractivity (Wildman–Crippen MR) is 113 cm³/mol. The van der Waals surface area contributed by atoms with Crippen LogP contribution in [0.4, 0.5) is 5.69 Å². The van der Waals surface area contributed by atoms with E-state index < -0.39 is 0 Å². The van der Waals surface area contributed by atoms with Crippen molar-refractivity contribution < 1.29 is 9.53 Å². The lowest BCUT2D eigenvalue weighted by molar-refractivity contribution is -0.114. The Hall–Kier alpha value is -2.37. The smallest absolute Gasteiger partial charge is 0.221 e. The molecule has 150 valence electrons. The first-order valence-corrected chi connectivity index (χ1v) is 10.0. The van der Waals surface area contributed by atoms with Gasteiger partial charge in [0.15, 0.2) is 0 Å². The quantitative estimate of drug-likeness (QED) is 0.763.